The van der Waals surface area contributed by atoms with Crippen LogP contribution < -0.4 is 0 Å². The zero-order chi connectivity index (χ0) is 8.53. The molecule has 0 amide bonds. The number of halogens is 1. The molecule has 0 radical (unpaired) electrons. The lowest BCUT2D eigenvalue weighted by molar-refractivity contribution is -0.144. The average Bonchev–Trinajstić information content (AvgIpc) is 2.01. The highest BCUT2D eigenvalue weighted by Gasteiger charge is 2.00. The highest BCUT2D eigenvalue weighted by Crippen LogP contribution is 1.89. The molecule has 0 atom stereocenters. The topological polar surface area (TPSA) is 35.5 Å². The maximum absolute atomic E-state index is 10.8. The fraction of sp³-hybridized carbons (Fsp3) is 0.857. The van der Waals surface area contributed by atoms with Gasteiger partial charge in [0.15, 0.2) is 0 Å². The second-order valence-corrected chi connectivity index (χ2v) is 2.65. The zero-order valence-electron chi connectivity index (χ0n) is 6.64. The van der Waals surface area contributed by atoms with E-state index in [9.17, 15) is 4.79 Å². The van der Waals surface area contributed by atoms with Crippen molar-refractivity contribution in [1.29, 1.82) is 0 Å². The van der Waals surface area contributed by atoms with E-state index in [2.05, 4.69) is 15.9 Å². The van der Waals surface area contributed by atoms with E-state index in [0.29, 0.717) is 31.6 Å². The summed E-state index contributed by atoms with van der Waals surface area (Å²) in [4.78, 5) is 10.8. The molecule has 0 aromatic rings. The Bertz CT molecular complexity index is 106. The Balaban J connectivity index is 3.09. The molecular formula is C7H13BrO3. The molecule has 0 unspecified atom stereocenters. The molecule has 0 saturated heterocycles. The molecule has 0 spiro atoms. The van der Waals surface area contributed by atoms with Crippen LogP contribution in [0.15, 0.2) is 0 Å². The zero-order valence-corrected chi connectivity index (χ0v) is 8.22. The van der Waals surface area contributed by atoms with E-state index >= 15 is 0 Å². The second kappa shape index (κ2) is 8.01. The third-order valence-corrected chi connectivity index (χ3v) is 1.32. The maximum Gasteiger partial charge on any atom is 0.308 e. The summed E-state index contributed by atoms with van der Waals surface area (Å²) in [6.07, 6.45) is 0.348. The third-order valence-electron chi connectivity index (χ3n) is 0.995. The summed E-state index contributed by atoms with van der Waals surface area (Å²) in [5, 5.41) is 0.688. The number of ether oxygens (including phenoxy) is 2. The Morgan fingerprint density at radius 2 is 2.18 bits per heavy atom. The van der Waals surface area contributed by atoms with Gasteiger partial charge in [-0.1, -0.05) is 15.9 Å². The average molecular weight is 225 g/mol. The smallest absolute Gasteiger partial charge is 0.308 e. The lowest BCUT2D eigenvalue weighted by Gasteiger charge is -2.01. The van der Waals surface area contributed by atoms with E-state index in [1.54, 1.807) is 0 Å². The van der Waals surface area contributed by atoms with Crippen molar-refractivity contribution in [3.63, 3.8) is 0 Å². The van der Waals surface area contributed by atoms with Gasteiger partial charge in [0.2, 0.25) is 0 Å². The monoisotopic (exact) mass is 224 g/mol. The summed E-state index contributed by atoms with van der Waals surface area (Å²) in [5.41, 5.74) is 0. The molecule has 0 saturated carbocycles. The van der Waals surface area contributed by atoms with Crippen LogP contribution in [0.25, 0.3) is 0 Å². The van der Waals surface area contributed by atoms with Gasteiger partial charge in [0.05, 0.1) is 13.0 Å². The quantitative estimate of drug-likeness (QED) is 0.389. The van der Waals surface area contributed by atoms with Crippen molar-refractivity contribution in [1.82, 2.24) is 0 Å². The first kappa shape index (κ1) is 10.9. The van der Waals surface area contributed by atoms with Gasteiger partial charge in [-0.2, -0.15) is 0 Å². The normalized spacial score (nSPS) is 9.64. The van der Waals surface area contributed by atoms with E-state index in [-0.39, 0.29) is 5.97 Å². The van der Waals surface area contributed by atoms with E-state index < -0.39 is 0 Å². The van der Waals surface area contributed by atoms with Crippen LogP contribution >= 0.6 is 15.9 Å². The van der Waals surface area contributed by atoms with Crippen LogP contribution in [0.1, 0.15) is 13.3 Å². The van der Waals surface area contributed by atoms with Gasteiger partial charge >= 0.3 is 5.97 Å². The van der Waals surface area contributed by atoms with Crippen molar-refractivity contribution in [2.45, 2.75) is 13.3 Å². The van der Waals surface area contributed by atoms with Crippen molar-refractivity contribution in [3.05, 3.63) is 0 Å². The highest BCUT2D eigenvalue weighted by molar-refractivity contribution is 9.09. The first-order chi connectivity index (χ1) is 5.31. The number of carbonyl (C=O) groups is 1. The number of rotatable bonds is 6. The Kier molecular flexibility index (Phi) is 7.95. The SMILES string of the molecule is CCOCCC(=O)OCCBr. The molecule has 0 fully saturated rings. The van der Waals surface area contributed by atoms with E-state index in [1.807, 2.05) is 6.92 Å². The first-order valence-corrected chi connectivity index (χ1v) is 4.72. The fourth-order valence-corrected chi connectivity index (χ4v) is 0.686. The number of hydrogen-bond donors (Lipinski definition) is 0. The molecule has 0 aliphatic heterocycles. The number of carbonyl (C=O) groups excluding carboxylic acids is 1. The van der Waals surface area contributed by atoms with Gasteiger partial charge in [-0.25, -0.2) is 0 Å². The minimum atomic E-state index is -0.196. The van der Waals surface area contributed by atoms with E-state index in [1.165, 1.54) is 0 Å². The minimum absolute atomic E-state index is 0.196. The number of alkyl halides is 1. The van der Waals surface area contributed by atoms with Crippen LogP contribution in [0.4, 0.5) is 0 Å². The predicted octanol–water partition coefficient (Wildman–Crippen LogP) is 1.35. The first-order valence-electron chi connectivity index (χ1n) is 3.60. The van der Waals surface area contributed by atoms with Gasteiger partial charge in [0.25, 0.3) is 0 Å². The van der Waals surface area contributed by atoms with Crippen LogP contribution in [0.3, 0.4) is 0 Å². The molecule has 0 aromatic heterocycles. The molecule has 0 heterocycles. The van der Waals surface area contributed by atoms with Crippen LogP contribution in [-0.4, -0.2) is 31.1 Å². The van der Waals surface area contributed by atoms with Crippen molar-refractivity contribution < 1.29 is 14.3 Å². The lowest BCUT2D eigenvalue weighted by Crippen LogP contribution is -2.09. The molecule has 0 aliphatic carbocycles. The van der Waals surface area contributed by atoms with Gasteiger partial charge in [-0.05, 0) is 6.92 Å². The third kappa shape index (κ3) is 7.81. The molecule has 66 valence electrons. The summed E-state index contributed by atoms with van der Waals surface area (Å²) >= 11 is 3.15. The lowest BCUT2D eigenvalue weighted by atomic mass is 10.5. The van der Waals surface area contributed by atoms with E-state index in [0.717, 1.165) is 0 Å². The Labute approximate surface area is 75.2 Å². The molecule has 0 rings (SSSR count). The van der Waals surface area contributed by atoms with Gasteiger partial charge in [-0.15, -0.1) is 0 Å². The predicted molar refractivity (Wildman–Crippen MR) is 45.9 cm³/mol. The Hall–Kier alpha value is -0.0900. The molecule has 4 heteroatoms. The Morgan fingerprint density at radius 3 is 2.73 bits per heavy atom. The van der Waals surface area contributed by atoms with Gasteiger partial charge in [0.1, 0.15) is 6.61 Å². The van der Waals surface area contributed by atoms with Crippen LogP contribution in [0, 0.1) is 0 Å². The standard InChI is InChI=1S/C7H13BrO3/c1-2-10-5-3-7(9)11-6-4-8/h2-6H2,1H3. The second-order valence-electron chi connectivity index (χ2n) is 1.86. The summed E-state index contributed by atoms with van der Waals surface area (Å²) in [5.74, 6) is -0.196. The van der Waals surface area contributed by atoms with E-state index in [4.69, 9.17) is 9.47 Å². The summed E-state index contributed by atoms with van der Waals surface area (Å²) in [6.45, 7) is 3.43. The van der Waals surface area contributed by atoms with Crippen molar-refractivity contribution >= 4 is 21.9 Å². The summed E-state index contributed by atoms with van der Waals surface area (Å²) in [7, 11) is 0. The van der Waals surface area contributed by atoms with Crippen LogP contribution in [0.5, 0.6) is 0 Å². The number of hydrogen-bond acceptors (Lipinski definition) is 3. The van der Waals surface area contributed by atoms with Crippen molar-refractivity contribution in [2.75, 3.05) is 25.2 Å². The summed E-state index contributed by atoms with van der Waals surface area (Å²) < 4.78 is 9.74. The molecule has 3 nitrogen and oxygen atoms in total. The molecular weight excluding hydrogens is 212 g/mol. The Morgan fingerprint density at radius 1 is 1.45 bits per heavy atom. The van der Waals surface area contributed by atoms with Crippen molar-refractivity contribution in [3.8, 4) is 0 Å². The largest absolute Gasteiger partial charge is 0.465 e. The van der Waals surface area contributed by atoms with Crippen LogP contribution in [-0.2, 0) is 14.3 Å². The molecule has 0 aliphatic rings. The van der Waals surface area contributed by atoms with Crippen LogP contribution in [0.2, 0.25) is 0 Å². The highest BCUT2D eigenvalue weighted by atomic mass is 79.9. The van der Waals surface area contributed by atoms with Gasteiger partial charge in [0, 0.05) is 11.9 Å². The maximum atomic E-state index is 10.8. The molecule has 11 heavy (non-hydrogen) atoms. The fourth-order valence-electron chi connectivity index (χ4n) is 0.524. The van der Waals surface area contributed by atoms with Gasteiger partial charge in [-0.3, -0.25) is 4.79 Å². The van der Waals surface area contributed by atoms with Crippen molar-refractivity contribution in [2.24, 2.45) is 0 Å². The molecule has 0 bridgehead atoms. The molecule has 0 aromatic carbocycles. The number of esters is 1. The summed E-state index contributed by atoms with van der Waals surface area (Å²) in [6, 6.07) is 0. The minimum Gasteiger partial charge on any atom is -0.465 e. The molecule has 0 N–H and O–H groups in total. The van der Waals surface area contributed by atoms with Gasteiger partial charge < -0.3 is 9.47 Å².